The Morgan fingerprint density at radius 3 is 2.22 bits per heavy atom. The maximum absolute atomic E-state index is 13.3. The molecule has 1 fully saturated rings. The highest BCUT2D eigenvalue weighted by Gasteiger charge is 2.36. The number of amidine groups is 1. The minimum Gasteiger partial charge on any atom is -0.497 e. The van der Waals surface area contributed by atoms with Crippen LogP contribution in [0.2, 0.25) is 0 Å². The van der Waals surface area contributed by atoms with E-state index in [2.05, 4.69) is 5.32 Å². The van der Waals surface area contributed by atoms with Crippen LogP contribution in [0, 0.1) is 0 Å². The number of nitrogens with one attached hydrogen (secondary N) is 1. The molecule has 0 aliphatic carbocycles. The van der Waals surface area contributed by atoms with Gasteiger partial charge in [0, 0.05) is 6.42 Å². The maximum atomic E-state index is 13.3. The fourth-order valence-electron chi connectivity index (χ4n) is 3.64. The van der Waals surface area contributed by atoms with E-state index in [0.717, 1.165) is 11.3 Å². The average molecular weight is 506 g/mol. The lowest BCUT2D eigenvalue weighted by atomic mass is 10.2. The number of ether oxygens (including phenoxy) is 3. The molecule has 0 aromatic heterocycles. The molecule has 1 heterocycles. The van der Waals surface area contributed by atoms with Crippen molar-refractivity contribution < 1.29 is 23.8 Å². The minimum absolute atomic E-state index is 0.0451. The summed E-state index contributed by atoms with van der Waals surface area (Å²) >= 11 is 1.26. The quantitative estimate of drug-likeness (QED) is 0.470. The van der Waals surface area contributed by atoms with Crippen molar-refractivity contribution in [2.24, 2.45) is 4.99 Å². The van der Waals surface area contributed by atoms with Gasteiger partial charge in [-0.05, 0) is 54.1 Å². The van der Waals surface area contributed by atoms with E-state index < -0.39 is 5.25 Å². The van der Waals surface area contributed by atoms with E-state index in [1.165, 1.54) is 11.8 Å². The Morgan fingerprint density at radius 2 is 1.58 bits per heavy atom. The predicted molar refractivity (Wildman–Crippen MR) is 141 cm³/mol. The first-order valence-corrected chi connectivity index (χ1v) is 12.1. The molecule has 3 aromatic rings. The number of benzene rings is 3. The molecule has 1 N–H and O–H groups in total. The zero-order valence-corrected chi connectivity index (χ0v) is 21.1. The molecule has 3 aromatic carbocycles. The third-order valence-electron chi connectivity index (χ3n) is 5.59. The van der Waals surface area contributed by atoms with Crippen molar-refractivity contribution in [1.29, 1.82) is 0 Å². The number of para-hydroxylation sites is 2. The smallest absolute Gasteiger partial charge is 0.238 e. The molecule has 1 saturated heterocycles. The standard InChI is InChI=1S/C27H27N3O5S/c1-33-20-12-8-18(9-13-20)17-30-25(31)16-24(26(32)29-22-6-4-5-7-23(22)35-3)36-27(30)28-19-10-14-21(34-2)15-11-19/h4-15,24H,16-17H2,1-3H3,(H,29,32). The van der Waals surface area contributed by atoms with E-state index in [1.54, 1.807) is 62.6 Å². The van der Waals surface area contributed by atoms with Crippen LogP contribution in [0.5, 0.6) is 17.2 Å². The number of carbonyl (C=O) groups is 2. The van der Waals surface area contributed by atoms with Gasteiger partial charge < -0.3 is 19.5 Å². The highest BCUT2D eigenvalue weighted by atomic mass is 32.2. The molecule has 186 valence electrons. The van der Waals surface area contributed by atoms with E-state index in [-0.39, 0.29) is 18.2 Å². The summed E-state index contributed by atoms with van der Waals surface area (Å²) < 4.78 is 15.8. The van der Waals surface area contributed by atoms with Crippen LogP contribution in [0.15, 0.2) is 77.8 Å². The third-order valence-corrected chi connectivity index (χ3v) is 6.78. The molecule has 2 amide bonds. The minimum atomic E-state index is -0.647. The summed E-state index contributed by atoms with van der Waals surface area (Å²) in [4.78, 5) is 32.8. The lowest BCUT2D eigenvalue weighted by Gasteiger charge is -2.32. The second-order valence-electron chi connectivity index (χ2n) is 7.92. The molecule has 4 rings (SSSR count). The van der Waals surface area contributed by atoms with Crippen molar-refractivity contribution in [2.75, 3.05) is 26.6 Å². The van der Waals surface area contributed by atoms with Crippen LogP contribution in [0.25, 0.3) is 0 Å². The number of hydrogen-bond acceptors (Lipinski definition) is 7. The third kappa shape index (κ3) is 5.98. The molecule has 0 radical (unpaired) electrons. The van der Waals surface area contributed by atoms with Gasteiger partial charge in [-0.1, -0.05) is 36.0 Å². The molecule has 0 saturated carbocycles. The highest BCUT2D eigenvalue weighted by molar-refractivity contribution is 8.15. The number of aliphatic imine (C=N–C) groups is 1. The molecule has 8 nitrogen and oxygen atoms in total. The number of amides is 2. The topological polar surface area (TPSA) is 89.5 Å². The van der Waals surface area contributed by atoms with Crippen molar-refractivity contribution in [2.45, 2.75) is 18.2 Å². The largest absolute Gasteiger partial charge is 0.497 e. The Bertz CT molecular complexity index is 1250. The summed E-state index contributed by atoms with van der Waals surface area (Å²) in [6.45, 7) is 0.325. The van der Waals surface area contributed by atoms with Crippen LogP contribution >= 0.6 is 11.8 Å². The van der Waals surface area contributed by atoms with Crippen molar-refractivity contribution in [3.63, 3.8) is 0 Å². The van der Waals surface area contributed by atoms with Crippen LogP contribution in [0.4, 0.5) is 11.4 Å². The Balaban J connectivity index is 1.60. The van der Waals surface area contributed by atoms with Crippen LogP contribution in [0.3, 0.4) is 0 Å². The molecule has 1 unspecified atom stereocenters. The maximum Gasteiger partial charge on any atom is 0.238 e. The molecule has 1 aliphatic rings. The monoisotopic (exact) mass is 505 g/mol. The lowest BCUT2D eigenvalue weighted by molar-refractivity contribution is -0.129. The van der Waals surface area contributed by atoms with Crippen LogP contribution < -0.4 is 19.5 Å². The van der Waals surface area contributed by atoms with Crippen molar-refractivity contribution in [1.82, 2.24) is 4.90 Å². The fourth-order valence-corrected chi connectivity index (χ4v) is 4.74. The first kappa shape index (κ1) is 25.1. The van der Waals surface area contributed by atoms with Crippen LogP contribution in [-0.2, 0) is 16.1 Å². The number of methoxy groups -OCH3 is 3. The number of anilines is 1. The summed E-state index contributed by atoms with van der Waals surface area (Å²) in [6.07, 6.45) is 0.0451. The molecular weight excluding hydrogens is 478 g/mol. The number of rotatable bonds is 8. The van der Waals surface area contributed by atoms with E-state index in [1.807, 2.05) is 36.4 Å². The molecule has 1 aliphatic heterocycles. The predicted octanol–water partition coefficient (Wildman–Crippen LogP) is 4.87. The van der Waals surface area contributed by atoms with Gasteiger partial charge in [0.25, 0.3) is 0 Å². The van der Waals surface area contributed by atoms with Crippen LogP contribution in [-0.4, -0.2) is 48.5 Å². The zero-order valence-electron chi connectivity index (χ0n) is 20.3. The molecular formula is C27H27N3O5S. The van der Waals surface area contributed by atoms with Gasteiger partial charge >= 0.3 is 0 Å². The van der Waals surface area contributed by atoms with E-state index in [4.69, 9.17) is 19.2 Å². The normalized spacial score (nSPS) is 16.5. The molecule has 9 heteroatoms. The van der Waals surface area contributed by atoms with Gasteiger partial charge in [-0.15, -0.1) is 0 Å². The van der Waals surface area contributed by atoms with Gasteiger partial charge in [-0.25, -0.2) is 4.99 Å². The summed E-state index contributed by atoms with van der Waals surface area (Å²) in [5, 5.41) is 2.69. The molecule has 36 heavy (non-hydrogen) atoms. The van der Waals surface area contributed by atoms with Crippen LogP contribution in [0.1, 0.15) is 12.0 Å². The Morgan fingerprint density at radius 1 is 0.944 bits per heavy atom. The first-order valence-electron chi connectivity index (χ1n) is 11.3. The number of hydrogen-bond donors (Lipinski definition) is 1. The number of carbonyl (C=O) groups excluding carboxylic acids is 2. The molecule has 0 spiro atoms. The first-order chi connectivity index (χ1) is 17.5. The highest BCUT2D eigenvalue weighted by Crippen LogP contribution is 2.32. The Hall–Kier alpha value is -3.98. The van der Waals surface area contributed by atoms with Crippen molar-refractivity contribution >= 4 is 40.1 Å². The summed E-state index contributed by atoms with van der Waals surface area (Å²) in [7, 11) is 4.74. The van der Waals surface area contributed by atoms with Crippen molar-refractivity contribution in [3.8, 4) is 17.2 Å². The Labute approximate surface area is 214 Å². The molecule has 1 atom stereocenters. The summed E-state index contributed by atoms with van der Waals surface area (Å²) in [6, 6.07) is 21.9. The summed E-state index contributed by atoms with van der Waals surface area (Å²) in [5.74, 6) is 1.52. The SMILES string of the molecule is COc1ccc(CN2C(=O)CC(C(=O)Nc3ccccc3OC)SC2=Nc2ccc(OC)cc2)cc1. The van der Waals surface area contributed by atoms with E-state index in [0.29, 0.717) is 34.6 Å². The number of thioether (sulfide) groups is 1. The van der Waals surface area contributed by atoms with Gasteiger partial charge in [0.2, 0.25) is 11.8 Å². The van der Waals surface area contributed by atoms with Crippen molar-refractivity contribution in [3.05, 3.63) is 78.4 Å². The Kier molecular flexibility index (Phi) is 8.12. The fraction of sp³-hybridized carbons (Fsp3) is 0.222. The van der Waals surface area contributed by atoms with Gasteiger partial charge in [0.1, 0.15) is 22.5 Å². The van der Waals surface area contributed by atoms with Gasteiger partial charge in [-0.3, -0.25) is 14.5 Å². The van der Waals surface area contributed by atoms with Gasteiger partial charge in [0.15, 0.2) is 5.17 Å². The zero-order chi connectivity index (χ0) is 25.5. The number of nitrogens with zero attached hydrogens (tertiary/aromatic N) is 2. The van der Waals surface area contributed by atoms with E-state index in [9.17, 15) is 9.59 Å². The second kappa shape index (κ2) is 11.6. The van der Waals surface area contributed by atoms with E-state index >= 15 is 0 Å². The second-order valence-corrected chi connectivity index (χ2v) is 9.09. The molecule has 0 bridgehead atoms. The lowest BCUT2D eigenvalue weighted by Crippen LogP contribution is -2.44. The van der Waals surface area contributed by atoms with Gasteiger partial charge in [-0.2, -0.15) is 0 Å². The average Bonchev–Trinajstić information content (AvgIpc) is 2.91. The van der Waals surface area contributed by atoms with Gasteiger partial charge in [0.05, 0.1) is 39.2 Å². The summed E-state index contributed by atoms with van der Waals surface area (Å²) in [5.41, 5.74) is 2.12.